The Hall–Kier alpha value is -2.48. The number of carbonyl (C=O) groups excluding carboxylic acids is 3. The Morgan fingerprint density at radius 2 is 1.85 bits per heavy atom. The number of imide groups is 1. The van der Waals surface area contributed by atoms with Gasteiger partial charge in [-0.25, -0.2) is 0 Å². The molecule has 0 saturated carbocycles. The molecular formula is C24H22Cl2N2O4S. The van der Waals surface area contributed by atoms with E-state index in [0.717, 1.165) is 41.5 Å². The van der Waals surface area contributed by atoms with Crippen LogP contribution in [0, 0.1) is 0 Å². The van der Waals surface area contributed by atoms with E-state index in [4.69, 9.17) is 27.9 Å². The van der Waals surface area contributed by atoms with E-state index < -0.39 is 11.1 Å². The highest BCUT2D eigenvalue weighted by atomic mass is 35.5. The van der Waals surface area contributed by atoms with Crippen molar-refractivity contribution < 1.29 is 19.1 Å². The molecule has 0 spiro atoms. The highest BCUT2D eigenvalue weighted by molar-refractivity contribution is 8.18. The third-order valence-corrected chi connectivity index (χ3v) is 6.94. The van der Waals surface area contributed by atoms with E-state index in [1.807, 2.05) is 6.07 Å². The lowest BCUT2D eigenvalue weighted by atomic mass is 10.1. The first kappa shape index (κ1) is 23.7. The molecule has 3 amide bonds. The van der Waals surface area contributed by atoms with Gasteiger partial charge >= 0.3 is 0 Å². The predicted molar refractivity (Wildman–Crippen MR) is 130 cm³/mol. The van der Waals surface area contributed by atoms with E-state index in [2.05, 4.69) is 0 Å². The summed E-state index contributed by atoms with van der Waals surface area (Å²) in [6.45, 7) is 1.40. The summed E-state index contributed by atoms with van der Waals surface area (Å²) in [6.07, 6.45) is 4.65. The van der Waals surface area contributed by atoms with Gasteiger partial charge in [0.05, 0.1) is 4.91 Å². The van der Waals surface area contributed by atoms with E-state index >= 15 is 0 Å². The zero-order valence-corrected chi connectivity index (χ0v) is 20.1. The van der Waals surface area contributed by atoms with Crippen LogP contribution in [-0.2, 0) is 16.2 Å². The lowest BCUT2D eigenvalue weighted by Gasteiger charge is -2.27. The number of hydrogen-bond donors (Lipinski definition) is 0. The van der Waals surface area contributed by atoms with Gasteiger partial charge in [-0.15, -0.1) is 0 Å². The van der Waals surface area contributed by atoms with Gasteiger partial charge in [-0.05, 0) is 66.9 Å². The molecule has 0 radical (unpaired) electrons. The SMILES string of the molecule is O=C(CN1C(=O)S/C(=C/c2cccc(OCc3ccc(Cl)cc3Cl)c2)C1=O)N1CCCCC1. The third kappa shape index (κ3) is 5.91. The van der Waals surface area contributed by atoms with Crippen molar-refractivity contribution in [2.24, 2.45) is 0 Å². The van der Waals surface area contributed by atoms with Gasteiger partial charge < -0.3 is 9.64 Å². The van der Waals surface area contributed by atoms with Crippen molar-refractivity contribution in [1.29, 1.82) is 0 Å². The third-order valence-electron chi connectivity index (χ3n) is 5.44. The molecule has 0 aliphatic carbocycles. The quantitative estimate of drug-likeness (QED) is 0.477. The monoisotopic (exact) mass is 504 g/mol. The highest BCUT2D eigenvalue weighted by Crippen LogP contribution is 2.33. The minimum atomic E-state index is -0.449. The maximum atomic E-state index is 12.8. The van der Waals surface area contributed by atoms with Gasteiger partial charge in [0.25, 0.3) is 11.1 Å². The molecular weight excluding hydrogens is 483 g/mol. The first-order chi connectivity index (χ1) is 15.9. The molecule has 2 saturated heterocycles. The second-order valence-electron chi connectivity index (χ2n) is 7.81. The van der Waals surface area contributed by atoms with Gasteiger partial charge in [-0.3, -0.25) is 19.3 Å². The first-order valence-electron chi connectivity index (χ1n) is 10.6. The number of halogens is 2. The van der Waals surface area contributed by atoms with Crippen molar-refractivity contribution in [1.82, 2.24) is 9.80 Å². The van der Waals surface area contributed by atoms with E-state index in [1.54, 1.807) is 47.4 Å². The van der Waals surface area contributed by atoms with Crippen molar-refractivity contribution in [3.05, 3.63) is 68.5 Å². The molecule has 2 aliphatic heterocycles. The van der Waals surface area contributed by atoms with Crippen LogP contribution in [0.2, 0.25) is 10.0 Å². The molecule has 2 aromatic carbocycles. The zero-order valence-electron chi connectivity index (χ0n) is 17.8. The van der Waals surface area contributed by atoms with Gasteiger partial charge in [-0.1, -0.05) is 41.4 Å². The molecule has 2 aromatic rings. The summed E-state index contributed by atoms with van der Waals surface area (Å²) in [5, 5.41) is 0.644. The van der Waals surface area contributed by atoms with Crippen LogP contribution >= 0.6 is 35.0 Å². The maximum absolute atomic E-state index is 12.8. The number of ether oxygens (including phenoxy) is 1. The number of likely N-dealkylation sites (tertiary alicyclic amines) is 1. The Kier molecular flexibility index (Phi) is 7.63. The molecule has 4 rings (SSSR count). The lowest BCUT2D eigenvalue weighted by molar-refractivity contribution is -0.136. The van der Waals surface area contributed by atoms with Crippen LogP contribution in [0.1, 0.15) is 30.4 Å². The Labute approximate surface area is 206 Å². The molecule has 33 heavy (non-hydrogen) atoms. The molecule has 9 heteroatoms. The Morgan fingerprint density at radius 1 is 1.06 bits per heavy atom. The Balaban J connectivity index is 1.41. The van der Waals surface area contributed by atoms with Crippen molar-refractivity contribution in [3.63, 3.8) is 0 Å². The normalized spacial score (nSPS) is 17.7. The van der Waals surface area contributed by atoms with Gasteiger partial charge in [0.1, 0.15) is 18.9 Å². The average Bonchev–Trinajstić information content (AvgIpc) is 3.06. The van der Waals surface area contributed by atoms with E-state index in [9.17, 15) is 14.4 Å². The van der Waals surface area contributed by atoms with Crippen molar-refractivity contribution in [2.75, 3.05) is 19.6 Å². The summed E-state index contributed by atoms with van der Waals surface area (Å²) in [4.78, 5) is 40.7. The first-order valence-corrected chi connectivity index (χ1v) is 12.2. The number of piperidine rings is 1. The molecule has 0 N–H and O–H groups in total. The van der Waals surface area contributed by atoms with Crippen LogP contribution in [0.25, 0.3) is 6.08 Å². The van der Waals surface area contributed by atoms with Gasteiger partial charge in [-0.2, -0.15) is 0 Å². The molecule has 2 heterocycles. The van der Waals surface area contributed by atoms with Crippen molar-refractivity contribution >= 4 is 58.1 Å². The number of nitrogens with zero attached hydrogens (tertiary/aromatic N) is 2. The average molecular weight is 505 g/mol. The fraction of sp³-hybridized carbons (Fsp3) is 0.292. The molecule has 172 valence electrons. The number of carbonyl (C=O) groups is 3. The van der Waals surface area contributed by atoms with E-state index in [1.165, 1.54) is 0 Å². The van der Waals surface area contributed by atoms with Crippen LogP contribution in [0.15, 0.2) is 47.4 Å². The predicted octanol–water partition coefficient (Wildman–Crippen LogP) is 5.62. The number of hydrogen-bond acceptors (Lipinski definition) is 5. The number of amides is 3. The number of rotatable bonds is 6. The fourth-order valence-corrected chi connectivity index (χ4v) is 4.96. The highest BCUT2D eigenvalue weighted by Gasteiger charge is 2.37. The van der Waals surface area contributed by atoms with Crippen LogP contribution in [0.4, 0.5) is 4.79 Å². The van der Waals surface area contributed by atoms with Crippen LogP contribution in [0.3, 0.4) is 0 Å². The second-order valence-corrected chi connectivity index (χ2v) is 9.64. The Morgan fingerprint density at radius 3 is 2.61 bits per heavy atom. The molecule has 0 bridgehead atoms. The molecule has 0 unspecified atom stereocenters. The lowest BCUT2D eigenvalue weighted by Crippen LogP contribution is -2.44. The summed E-state index contributed by atoms with van der Waals surface area (Å²) in [5.74, 6) is -0.0431. The Bertz CT molecular complexity index is 1120. The van der Waals surface area contributed by atoms with Crippen LogP contribution < -0.4 is 4.74 Å². The minimum absolute atomic E-state index is 0.186. The van der Waals surface area contributed by atoms with Crippen LogP contribution in [0.5, 0.6) is 5.75 Å². The molecule has 0 aromatic heterocycles. The standard InChI is InChI=1S/C24H22Cl2N2O4S/c25-18-8-7-17(20(26)13-18)15-32-19-6-4-5-16(11-19)12-21-23(30)28(24(31)33-21)14-22(29)27-9-2-1-3-10-27/h4-8,11-13H,1-3,9-10,14-15H2/b21-12+. The summed E-state index contributed by atoms with van der Waals surface area (Å²) < 4.78 is 5.83. The van der Waals surface area contributed by atoms with E-state index in [-0.39, 0.29) is 24.0 Å². The van der Waals surface area contributed by atoms with Gasteiger partial charge in [0.15, 0.2) is 0 Å². The van der Waals surface area contributed by atoms with Gasteiger partial charge in [0.2, 0.25) is 5.91 Å². The maximum Gasteiger partial charge on any atom is 0.294 e. The smallest absolute Gasteiger partial charge is 0.294 e. The molecule has 0 atom stereocenters. The fourth-order valence-electron chi connectivity index (χ4n) is 3.66. The molecule has 6 nitrogen and oxygen atoms in total. The summed E-state index contributed by atoms with van der Waals surface area (Å²) in [5.41, 5.74) is 1.51. The number of benzene rings is 2. The topological polar surface area (TPSA) is 66.9 Å². The molecule has 2 aliphatic rings. The zero-order chi connectivity index (χ0) is 23.4. The second kappa shape index (κ2) is 10.6. The molecule has 2 fully saturated rings. The largest absolute Gasteiger partial charge is 0.489 e. The van der Waals surface area contributed by atoms with Gasteiger partial charge in [0, 0.05) is 28.7 Å². The number of thioether (sulfide) groups is 1. The summed E-state index contributed by atoms with van der Waals surface area (Å²) in [6, 6.07) is 12.4. The van der Waals surface area contributed by atoms with Crippen molar-refractivity contribution in [3.8, 4) is 5.75 Å². The van der Waals surface area contributed by atoms with E-state index in [0.29, 0.717) is 34.4 Å². The van der Waals surface area contributed by atoms with Crippen LogP contribution in [-0.4, -0.2) is 46.5 Å². The summed E-state index contributed by atoms with van der Waals surface area (Å²) in [7, 11) is 0. The summed E-state index contributed by atoms with van der Waals surface area (Å²) >= 11 is 13.0. The minimum Gasteiger partial charge on any atom is -0.489 e. The van der Waals surface area contributed by atoms with Crippen molar-refractivity contribution in [2.45, 2.75) is 25.9 Å².